The smallest absolute Gasteiger partial charge is 0.314 e. The summed E-state index contributed by atoms with van der Waals surface area (Å²) in [4.78, 5) is 27.5. The molecule has 0 unspecified atom stereocenters. The van der Waals surface area contributed by atoms with Gasteiger partial charge in [0.25, 0.3) is 5.56 Å². The van der Waals surface area contributed by atoms with Crippen LogP contribution in [0.25, 0.3) is 10.9 Å². The van der Waals surface area contributed by atoms with E-state index in [9.17, 15) is 18.0 Å². The van der Waals surface area contributed by atoms with E-state index in [1.165, 1.54) is 22.5 Å². The SMILES string of the molecule is O=c1[nH]c(=O)c2cc(S(=O)(=O)N3CCNCC3)ccc2[nH]1. The fourth-order valence-corrected chi connectivity index (χ4v) is 3.81. The topological polar surface area (TPSA) is 115 Å². The van der Waals surface area contributed by atoms with Gasteiger partial charge in [-0.05, 0) is 18.2 Å². The molecule has 1 aliphatic heterocycles. The molecule has 0 bridgehead atoms. The number of hydrogen-bond donors (Lipinski definition) is 3. The van der Waals surface area contributed by atoms with Crippen LogP contribution in [0.2, 0.25) is 0 Å². The van der Waals surface area contributed by atoms with Crippen molar-refractivity contribution in [1.29, 1.82) is 0 Å². The van der Waals surface area contributed by atoms with Gasteiger partial charge in [-0.25, -0.2) is 13.2 Å². The highest BCUT2D eigenvalue weighted by molar-refractivity contribution is 7.89. The molecule has 3 rings (SSSR count). The van der Waals surface area contributed by atoms with Gasteiger partial charge in [0.05, 0.1) is 15.8 Å². The monoisotopic (exact) mass is 310 g/mol. The lowest BCUT2D eigenvalue weighted by Gasteiger charge is -2.26. The molecule has 8 nitrogen and oxygen atoms in total. The van der Waals surface area contributed by atoms with Crippen molar-refractivity contribution in [2.24, 2.45) is 0 Å². The third kappa shape index (κ3) is 2.50. The standard InChI is InChI=1S/C12H14N4O4S/c17-11-9-7-8(1-2-10(9)14-12(18)15-11)21(19,20)16-5-3-13-4-6-16/h1-2,7,13H,3-6H2,(H2,14,15,17,18). The van der Waals surface area contributed by atoms with E-state index in [1.807, 2.05) is 0 Å². The first-order chi connectivity index (χ1) is 9.98. The lowest BCUT2D eigenvalue weighted by molar-refractivity contribution is 0.360. The molecule has 0 atom stereocenters. The van der Waals surface area contributed by atoms with Crippen molar-refractivity contribution in [1.82, 2.24) is 19.6 Å². The van der Waals surface area contributed by atoms with Gasteiger partial charge >= 0.3 is 5.69 Å². The summed E-state index contributed by atoms with van der Waals surface area (Å²) in [6.45, 7) is 1.98. The Kier molecular flexibility index (Phi) is 3.40. The number of benzene rings is 1. The Morgan fingerprint density at radius 1 is 1.05 bits per heavy atom. The molecule has 1 aromatic heterocycles. The fourth-order valence-electron chi connectivity index (χ4n) is 2.34. The first kappa shape index (κ1) is 14.0. The predicted molar refractivity (Wildman–Crippen MR) is 76.8 cm³/mol. The lowest BCUT2D eigenvalue weighted by atomic mass is 10.2. The zero-order valence-electron chi connectivity index (χ0n) is 11.0. The van der Waals surface area contributed by atoms with Crippen LogP contribution in [0.3, 0.4) is 0 Å². The Labute approximate surface area is 119 Å². The van der Waals surface area contributed by atoms with Crippen LogP contribution in [0.4, 0.5) is 0 Å². The van der Waals surface area contributed by atoms with Crippen LogP contribution in [0.1, 0.15) is 0 Å². The van der Waals surface area contributed by atoms with Crippen molar-refractivity contribution in [3.63, 3.8) is 0 Å². The van der Waals surface area contributed by atoms with Crippen LogP contribution < -0.4 is 16.6 Å². The Morgan fingerprint density at radius 2 is 1.76 bits per heavy atom. The van der Waals surface area contributed by atoms with Crippen molar-refractivity contribution in [2.75, 3.05) is 26.2 Å². The first-order valence-electron chi connectivity index (χ1n) is 6.46. The molecule has 2 aromatic rings. The van der Waals surface area contributed by atoms with Gasteiger partial charge in [0, 0.05) is 26.2 Å². The third-order valence-corrected chi connectivity index (χ3v) is 5.32. The highest BCUT2D eigenvalue weighted by Gasteiger charge is 2.26. The summed E-state index contributed by atoms with van der Waals surface area (Å²) in [5.74, 6) is 0. The number of nitrogens with zero attached hydrogens (tertiary/aromatic N) is 1. The number of piperazine rings is 1. The number of H-pyrrole nitrogens is 2. The average Bonchev–Trinajstić information content (AvgIpc) is 2.47. The molecule has 0 amide bonds. The maximum atomic E-state index is 12.5. The number of aromatic amines is 2. The van der Waals surface area contributed by atoms with Crippen LogP contribution in [0.5, 0.6) is 0 Å². The molecular weight excluding hydrogens is 296 g/mol. The summed E-state index contributed by atoms with van der Waals surface area (Å²) in [7, 11) is -3.63. The van der Waals surface area contributed by atoms with Crippen molar-refractivity contribution in [2.45, 2.75) is 4.90 Å². The molecule has 1 saturated heterocycles. The van der Waals surface area contributed by atoms with Gasteiger partial charge in [0.1, 0.15) is 0 Å². The van der Waals surface area contributed by atoms with E-state index in [-0.39, 0.29) is 10.3 Å². The Balaban J connectivity index is 2.12. The normalized spacial score (nSPS) is 17.1. The maximum Gasteiger partial charge on any atom is 0.326 e. The largest absolute Gasteiger partial charge is 0.326 e. The summed E-state index contributed by atoms with van der Waals surface area (Å²) in [6, 6.07) is 4.12. The number of sulfonamides is 1. The minimum atomic E-state index is -3.63. The molecule has 0 aliphatic carbocycles. The van der Waals surface area contributed by atoms with E-state index in [0.29, 0.717) is 31.7 Å². The molecule has 1 aliphatic rings. The molecule has 1 aromatic carbocycles. The molecule has 2 heterocycles. The molecule has 21 heavy (non-hydrogen) atoms. The number of fused-ring (bicyclic) bond motifs is 1. The van der Waals surface area contributed by atoms with Crippen molar-refractivity contribution >= 4 is 20.9 Å². The molecular formula is C12H14N4O4S. The highest BCUT2D eigenvalue weighted by Crippen LogP contribution is 2.18. The highest BCUT2D eigenvalue weighted by atomic mass is 32.2. The molecule has 0 radical (unpaired) electrons. The van der Waals surface area contributed by atoms with Crippen molar-refractivity contribution in [3.8, 4) is 0 Å². The third-order valence-electron chi connectivity index (χ3n) is 3.42. The molecule has 112 valence electrons. The maximum absolute atomic E-state index is 12.5. The number of rotatable bonds is 2. The van der Waals surface area contributed by atoms with E-state index in [0.717, 1.165) is 0 Å². The first-order valence-corrected chi connectivity index (χ1v) is 7.90. The lowest BCUT2D eigenvalue weighted by Crippen LogP contribution is -2.46. The summed E-state index contributed by atoms with van der Waals surface area (Å²) >= 11 is 0. The molecule has 9 heteroatoms. The van der Waals surface area contributed by atoms with Gasteiger partial charge in [-0.15, -0.1) is 0 Å². The van der Waals surface area contributed by atoms with E-state index in [2.05, 4.69) is 15.3 Å². The zero-order valence-corrected chi connectivity index (χ0v) is 11.9. The summed E-state index contributed by atoms with van der Waals surface area (Å²) in [5, 5.41) is 3.23. The summed E-state index contributed by atoms with van der Waals surface area (Å²) < 4.78 is 26.4. The van der Waals surface area contributed by atoms with Crippen LogP contribution in [0, 0.1) is 0 Å². The van der Waals surface area contributed by atoms with E-state index in [1.54, 1.807) is 0 Å². The van der Waals surface area contributed by atoms with E-state index >= 15 is 0 Å². The Hall–Kier alpha value is -1.97. The molecule has 3 N–H and O–H groups in total. The number of hydrogen-bond acceptors (Lipinski definition) is 5. The Morgan fingerprint density at radius 3 is 2.48 bits per heavy atom. The molecule has 0 spiro atoms. The second-order valence-electron chi connectivity index (χ2n) is 4.77. The minimum absolute atomic E-state index is 0.0504. The van der Waals surface area contributed by atoms with Crippen LogP contribution in [-0.4, -0.2) is 48.9 Å². The van der Waals surface area contributed by atoms with Crippen molar-refractivity contribution < 1.29 is 8.42 Å². The zero-order chi connectivity index (χ0) is 15.0. The van der Waals surface area contributed by atoms with Gasteiger partial charge in [0.15, 0.2) is 0 Å². The number of nitrogens with one attached hydrogen (secondary N) is 3. The van der Waals surface area contributed by atoms with Crippen molar-refractivity contribution in [3.05, 3.63) is 39.0 Å². The van der Waals surface area contributed by atoms with Gasteiger partial charge in [-0.1, -0.05) is 0 Å². The molecule has 0 saturated carbocycles. The predicted octanol–water partition coefficient (Wildman–Crippen LogP) is -1.19. The average molecular weight is 310 g/mol. The van der Waals surface area contributed by atoms with E-state index in [4.69, 9.17) is 0 Å². The fraction of sp³-hybridized carbons (Fsp3) is 0.333. The molecule has 1 fully saturated rings. The van der Waals surface area contributed by atoms with Gasteiger partial charge < -0.3 is 10.3 Å². The summed E-state index contributed by atoms with van der Waals surface area (Å²) in [6.07, 6.45) is 0. The Bertz CT molecular complexity index is 893. The second kappa shape index (κ2) is 5.10. The minimum Gasteiger partial charge on any atom is -0.314 e. The second-order valence-corrected chi connectivity index (χ2v) is 6.71. The van der Waals surface area contributed by atoms with E-state index < -0.39 is 21.3 Å². The quantitative estimate of drug-likeness (QED) is 0.645. The summed E-state index contributed by atoms with van der Waals surface area (Å²) in [5.41, 5.74) is -0.917. The van der Waals surface area contributed by atoms with Gasteiger partial charge in [-0.3, -0.25) is 9.78 Å². The van der Waals surface area contributed by atoms with Gasteiger partial charge in [0.2, 0.25) is 10.0 Å². The van der Waals surface area contributed by atoms with Crippen LogP contribution in [0.15, 0.2) is 32.7 Å². The van der Waals surface area contributed by atoms with Crippen LogP contribution >= 0.6 is 0 Å². The van der Waals surface area contributed by atoms with Crippen LogP contribution in [-0.2, 0) is 10.0 Å². The number of aromatic nitrogens is 2. The van der Waals surface area contributed by atoms with Gasteiger partial charge in [-0.2, -0.15) is 4.31 Å².